The number of carbonyl (C=O) groups is 1. The van der Waals surface area contributed by atoms with Crippen molar-refractivity contribution in [3.8, 4) is 0 Å². The number of hydrogen-bond acceptors (Lipinski definition) is 3. The molecule has 14 heavy (non-hydrogen) atoms. The van der Waals surface area contributed by atoms with Crippen molar-refractivity contribution in [2.45, 2.75) is 13.3 Å². The maximum absolute atomic E-state index is 11.0. The van der Waals surface area contributed by atoms with Crippen molar-refractivity contribution < 1.29 is 37.2 Å². The Bertz CT molecular complexity index is 252. The van der Waals surface area contributed by atoms with Crippen LogP contribution in [0.25, 0.3) is 0 Å². The first-order chi connectivity index (χ1) is 5.83. The van der Waals surface area contributed by atoms with Gasteiger partial charge in [0.1, 0.15) is 0 Å². The summed E-state index contributed by atoms with van der Waals surface area (Å²) in [4.78, 5) is 11.0. The summed E-state index contributed by atoms with van der Waals surface area (Å²) >= 11 is 0. The Kier molecular flexibility index (Phi) is 10.5. The van der Waals surface area contributed by atoms with Crippen molar-refractivity contribution in [2.75, 3.05) is 6.61 Å². The van der Waals surface area contributed by atoms with Gasteiger partial charge >= 0.3 is 5.97 Å². The van der Waals surface area contributed by atoms with Gasteiger partial charge in [-0.25, -0.2) is 0 Å². The fourth-order valence-electron chi connectivity index (χ4n) is 0.975. The summed E-state index contributed by atoms with van der Waals surface area (Å²) in [6.45, 7) is 2.26. The van der Waals surface area contributed by atoms with E-state index in [9.17, 15) is 4.79 Å². The van der Waals surface area contributed by atoms with Crippen LogP contribution >= 0.6 is 0 Å². The number of rotatable bonds is 3. The Morgan fingerprint density at radius 3 is 2.36 bits per heavy atom. The van der Waals surface area contributed by atoms with Crippen LogP contribution in [0.4, 0.5) is 0 Å². The van der Waals surface area contributed by atoms with Crippen LogP contribution < -0.4 is 6.15 Å². The maximum atomic E-state index is 11.0. The molecule has 74 valence electrons. The van der Waals surface area contributed by atoms with Gasteiger partial charge in [-0.15, -0.1) is 0 Å². The number of benzene rings is 1. The first-order valence-corrected chi connectivity index (χ1v) is 4.02. The van der Waals surface area contributed by atoms with Crippen molar-refractivity contribution in [2.24, 2.45) is 0 Å². The van der Waals surface area contributed by atoms with Crippen molar-refractivity contribution in [1.82, 2.24) is 6.15 Å². The molecule has 0 unspecified atom stereocenters. The Morgan fingerprint density at radius 2 is 1.86 bits per heavy atom. The van der Waals surface area contributed by atoms with Gasteiger partial charge in [0.25, 0.3) is 0 Å². The van der Waals surface area contributed by atoms with Crippen LogP contribution in [0.3, 0.4) is 0 Å². The molecule has 0 fully saturated rings. The standard InChI is InChI=1S/C10H12O2.Hg.H3N/c1-2-12-10(11)8-9-6-4-3-5-7-9;;/h3-7H,2,8H2,1H3;;1H3. The molecule has 0 saturated carbocycles. The minimum Gasteiger partial charge on any atom is -0.466 e. The van der Waals surface area contributed by atoms with Crippen molar-refractivity contribution in [3.05, 3.63) is 35.9 Å². The van der Waals surface area contributed by atoms with Crippen LogP contribution in [0.1, 0.15) is 12.5 Å². The number of hydrogen-bond donors (Lipinski definition) is 1. The summed E-state index contributed by atoms with van der Waals surface area (Å²) in [6, 6.07) is 9.58. The van der Waals surface area contributed by atoms with E-state index in [4.69, 9.17) is 4.74 Å². The van der Waals surface area contributed by atoms with Gasteiger partial charge in [0, 0.05) is 27.7 Å². The van der Waals surface area contributed by atoms with E-state index in [2.05, 4.69) is 0 Å². The van der Waals surface area contributed by atoms with E-state index < -0.39 is 0 Å². The van der Waals surface area contributed by atoms with Crippen LogP contribution in [0.15, 0.2) is 30.3 Å². The summed E-state index contributed by atoms with van der Waals surface area (Å²) in [6.07, 6.45) is 0.370. The van der Waals surface area contributed by atoms with E-state index >= 15 is 0 Å². The third-order valence-electron chi connectivity index (χ3n) is 1.50. The van der Waals surface area contributed by atoms with Crippen molar-refractivity contribution in [1.29, 1.82) is 0 Å². The fraction of sp³-hybridized carbons (Fsp3) is 0.300. The van der Waals surface area contributed by atoms with Gasteiger partial charge in [0.2, 0.25) is 0 Å². The smallest absolute Gasteiger partial charge is 0.310 e. The van der Waals surface area contributed by atoms with Crippen molar-refractivity contribution >= 4 is 5.97 Å². The molecule has 0 bridgehead atoms. The molecule has 1 aromatic carbocycles. The average molecular weight is 382 g/mol. The number of carbonyl (C=O) groups excluding carboxylic acids is 1. The monoisotopic (exact) mass is 383 g/mol. The molecule has 0 aliphatic heterocycles. The zero-order valence-corrected chi connectivity index (χ0v) is 14.0. The minimum absolute atomic E-state index is 0. The third kappa shape index (κ3) is 6.10. The second-order valence-electron chi connectivity index (χ2n) is 2.47. The molecular formula is C10H15HgNO2. The molecule has 0 aliphatic rings. The van der Waals surface area contributed by atoms with Crippen LogP contribution in [0.5, 0.6) is 0 Å². The largest absolute Gasteiger partial charge is 0.466 e. The van der Waals surface area contributed by atoms with Gasteiger partial charge < -0.3 is 10.9 Å². The van der Waals surface area contributed by atoms with Crippen LogP contribution in [-0.4, -0.2) is 12.6 Å². The van der Waals surface area contributed by atoms with Gasteiger partial charge in [-0.2, -0.15) is 0 Å². The molecule has 0 spiro atoms. The average Bonchev–Trinajstić information content (AvgIpc) is 2.06. The summed E-state index contributed by atoms with van der Waals surface area (Å²) in [5.74, 6) is -0.163. The molecule has 3 nitrogen and oxygen atoms in total. The quantitative estimate of drug-likeness (QED) is 0.643. The summed E-state index contributed by atoms with van der Waals surface area (Å²) in [7, 11) is 0. The molecular weight excluding hydrogens is 367 g/mol. The minimum atomic E-state index is -0.163. The predicted molar refractivity (Wildman–Crippen MR) is 51.8 cm³/mol. The maximum Gasteiger partial charge on any atom is 0.310 e. The first-order valence-electron chi connectivity index (χ1n) is 4.02. The van der Waals surface area contributed by atoms with Crippen LogP contribution in [0.2, 0.25) is 0 Å². The van der Waals surface area contributed by atoms with Gasteiger partial charge in [0.05, 0.1) is 13.0 Å². The van der Waals surface area contributed by atoms with Crippen LogP contribution in [0, 0.1) is 0 Å². The van der Waals surface area contributed by atoms with Gasteiger partial charge in [-0.3, -0.25) is 4.79 Å². The van der Waals surface area contributed by atoms with E-state index in [1.165, 1.54) is 0 Å². The molecule has 0 aliphatic carbocycles. The fourth-order valence-corrected chi connectivity index (χ4v) is 0.975. The van der Waals surface area contributed by atoms with Crippen LogP contribution in [-0.2, 0) is 43.6 Å². The van der Waals surface area contributed by atoms with E-state index in [1.807, 2.05) is 37.3 Å². The number of ether oxygens (including phenoxy) is 1. The zero-order chi connectivity index (χ0) is 8.81. The Morgan fingerprint density at radius 1 is 1.29 bits per heavy atom. The molecule has 1 rings (SSSR count). The molecule has 3 N–H and O–H groups in total. The topological polar surface area (TPSA) is 61.3 Å². The van der Waals surface area contributed by atoms with Gasteiger partial charge in [-0.1, -0.05) is 30.3 Å². The molecule has 0 saturated heterocycles. The number of esters is 1. The van der Waals surface area contributed by atoms with Crippen molar-refractivity contribution in [3.63, 3.8) is 0 Å². The molecule has 0 aromatic heterocycles. The SMILES string of the molecule is CCOC(=O)Cc1ccccc1.N.[Hg]. The predicted octanol–water partition coefficient (Wildman–Crippen LogP) is 1.95. The second-order valence-corrected chi connectivity index (χ2v) is 2.47. The molecule has 0 amide bonds. The molecule has 0 atom stereocenters. The Labute approximate surface area is 105 Å². The van der Waals surface area contributed by atoms with E-state index in [0.717, 1.165) is 5.56 Å². The van der Waals surface area contributed by atoms with E-state index in [1.54, 1.807) is 0 Å². The molecule has 4 heteroatoms. The van der Waals surface area contributed by atoms with Gasteiger partial charge in [-0.05, 0) is 12.5 Å². The first kappa shape index (κ1) is 16.0. The Hall–Kier alpha value is -0.415. The zero-order valence-electron chi connectivity index (χ0n) is 8.53. The molecule has 0 heterocycles. The third-order valence-corrected chi connectivity index (χ3v) is 1.50. The summed E-state index contributed by atoms with van der Waals surface area (Å²) in [5, 5.41) is 0. The summed E-state index contributed by atoms with van der Waals surface area (Å²) in [5.41, 5.74) is 0.996. The molecule has 1 aromatic rings. The van der Waals surface area contributed by atoms with Gasteiger partial charge in [0.15, 0.2) is 0 Å². The molecule has 0 radical (unpaired) electrons. The summed E-state index contributed by atoms with van der Waals surface area (Å²) < 4.78 is 4.81. The van der Waals surface area contributed by atoms with E-state index in [0.29, 0.717) is 13.0 Å². The second kappa shape index (κ2) is 9.15. The van der Waals surface area contributed by atoms with E-state index in [-0.39, 0.29) is 39.8 Å². The normalized spacial score (nSPS) is 8.07. The Balaban J connectivity index is 0.